The van der Waals surface area contributed by atoms with E-state index in [1.165, 1.54) is 6.07 Å². The molecule has 13 heavy (non-hydrogen) atoms. The zero-order valence-electron chi connectivity index (χ0n) is 7.06. The first-order valence-corrected chi connectivity index (χ1v) is 4.25. The summed E-state index contributed by atoms with van der Waals surface area (Å²) >= 11 is 0. The molecule has 1 aliphatic rings. The molecule has 1 heterocycles. The van der Waals surface area contributed by atoms with Crippen molar-refractivity contribution in [3.63, 3.8) is 0 Å². The third-order valence-corrected chi connectivity index (χ3v) is 2.31. The van der Waals surface area contributed by atoms with Gasteiger partial charge in [0, 0.05) is 18.2 Å². The van der Waals surface area contributed by atoms with Gasteiger partial charge >= 0.3 is 0 Å². The van der Waals surface area contributed by atoms with Crippen LogP contribution < -0.4 is 5.32 Å². The zero-order chi connectivity index (χ0) is 9.26. The van der Waals surface area contributed by atoms with Crippen molar-refractivity contribution in [2.45, 2.75) is 12.5 Å². The summed E-state index contributed by atoms with van der Waals surface area (Å²) in [6.07, 6.45) is 1.07. The molecule has 0 unspecified atom stereocenters. The van der Waals surface area contributed by atoms with Crippen LogP contribution in [0.3, 0.4) is 0 Å². The lowest BCUT2D eigenvalue weighted by atomic mass is 9.98. The van der Waals surface area contributed by atoms with Gasteiger partial charge in [-0.05, 0) is 18.5 Å². The van der Waals surface area contributed by atoms with E-state index in [9.17, 15) is 10.1 Å². The van der Waals surface area contributed by atoms with Gasteiger partial charge in [0.15, 0.2) is 0 Å². The third kappa shape index (κ3) is 1.53. The maximum atomic E-state index is 10.5. The molecule has 1 fully saturated rings. The van der Waals surface area contributed by atoms with Crippen LogP contribution in [0, 0.1) is 10.1 Å². The molecule has 1 aromatic carbocycles. The Labute approximate surface area is 75.7 Å². The second kappa shape index (κ2) is 3.14. The SMILES string of the molecule is O=[N+]([O-])c1cccc([C@H]2CCN2)c1. The molecule has 2 rings (SSSR count). The molecular formula is C9H10N2O2. The maximum absolute atomic E-state index is 10.5. The summed E-state index contributed by atoms with van der Waals surface area (Å²) < 4.78 is 0. The Bertz CT molecular complexity index is 334. The van der Waals surface area contributed by atoms with E-state index in [1.54, 1.807) is 12.1 Å². The Morgan fingerprint density at radius 3 is 2.85 bits per heavy atom. The Morgan fingerprint density at radius 2 is 2.31 bits per heavy atom. The van der Waals surface area contributed by atoms with Crippen molar-refractivity contribution in [2.24, 2.45) is 0 Å². The average molecular weight is 178 g/mol. The molecule has 1 atom stereocenters. The van der Waals surface area contributed by atoms with Gasteiger partial charge in [-0.15, -0.1) is 0 Å². The second-order valence-corrected chi connectivity index (χ2v) is 3.15. The highest BCUT2D eigenvalue weighted by molar-refractivity contribution is 5.36. The van der Waals surface area contributed by atoms with Gasteiger partial charge in [0.25, 0.3) is 5.69 Å². The summed E-state index contributed by atoms with van der Waals surface area (Å²) in [5.74, 6) is 0. The Balaban J connectivity index is 2.26. The van der Waals surface area contributed by atoms with Gasteiger partial charge in [-0.2, -0.15) is 0 Å². The summed E-state index contributed by atoms with van der Waals surface area (Å²) in [4.78, 5) is 10.1. The van der Waals surface area contributed by atoms with Gasteiger partial charge in [-0.25, -0.2) is 0 Å². The minimum Gasteiger partial charge on any atom is -0.310 e. The van der Waals surface area contributed by atoms with Gasteiger partial charge in [-0.3, -0.25) is 10.1 Å². The largest absolute Gasteiger partial charge is 0.310 e. The summed E-state index contributed by atoms with van der Waals surface area (Å²) in [6.45, 7) is 1.01. The molecule has 0 bridgehead atoms. The maximum Gasteiger partial charge on any atom is 0.269 e. The standard InChI is InChI=1S/C9H10N2O2/c12-11(13)8-3-1-2-7(6-8)9-4-5-10-9/h1-3,6,9-10H,4-5H2/t9-/m1/s1. The molecule has 0 aliphatic carbocycles. The summed E-state index contributed by atoms with van der Waals surface area (Å²) in [7, 11) is 0. The smallest absolute Gasteiger partial charge is 0.269 e. The van der Waals surface area contributed by atoms with Crippen molar-refractivity contribution in [1.29, 1.82) is 0 Å². The summed E-state index contributed by atoms with van der Waals surface area (Å²) in [5.41, 5.74) is 1.19. The minimum atomic E-state index is -0.359. The number of nitro benzene ring substituents is 1. The van der Waals surface area contributed by atoms with Gasteiger partial charge in [-0.1, -0.05) is 12.1 Å². The normalized spacial score (nSPS) is 20.8. The molecule has 0 aromatic heterocycles. The average Bonchev–Trinajstić information content (AvgIpc) is 2.01. The van der Waals surface area contributed by atoms with Crippen LogP contribution >= 0.6 is 0 Å². The van der Waals surface area contributed by atoms with Crippen molar-refractivity contribution >= 4 is 5.69 Å². The van der Waals surface area contributed by atoms with Crippen molar-refractivity contribution in [1.82, 2.24) is 5.32 Å². The highest BCUT2D eigenvalue weighted by Crippen LogP contribution is 2.25. The topological polar surface area (TPSA) is 55.2 Å². The lowest BCUT2D eigenvalue weighted by Crippen LogP contribution is -2.34. The number of hydrogen-bond acceptors (Lipinski definition) is 3. The van der Waals surface area contributed by atoms with E-state index >= 15 is 0 Å². The highest BCUT2D eigenvalue weighted by atomic mass is 16.6. The van der Waals surface area contributed by atoms with Crippen molar-refractivity contribution in [3.8, 4) is 0 Å². The highest BCUT2D eigenvalue weighted by Gasteiger charge is 2.19. The molecular weight excluding hydrogens is 168 g/mol. The number of nitrogens with zero attached hydrogens (tertiary/aromatic N) is 1. The first-order chi connectivity index (χ1) is 6.27. The van der Waals surface area contributed by atoms with Gasteiger partial charge in [0.2, 0.25) is 0 Å². The molecule has 0 radical (unpaired) electrons. The van der Waals surface area contributed by atoms with E-state index in [4.69, 9.17) is 0 Å². The van der Waals surface area contributed by atoms with Crippen LogP contribution in [0.4, 0.5) is 5.69 Å². The first-order valence-electron chi connectivity index (χ1n) is 4.25. The van der Waals surface area contributed by atoms with E-state index in [1.807, 2.05) is 6.07 Å². The summed E-state index contributed by atoms with van der Waals surface area (Å²) in [5, 5.41) is 13.7. The molecule has 68 valence electrons. The van der Waals surface area contributed by atoms with Gasteiger partial charge < -0.3 is 5.32 Å². The molecule has 1 N–H and O–H groups in total. The first kappa shape index (κ1) is 8.19. The molecule has 0 amide bonds. The minimum absolute atomic E-state index is 0.172. The van der Waals surface area contributed by atoms with E-state index in [2.05, 4.69) is 5.32 Å². The predicted octanol–water partition coefficient (Wildman–Crippen LogP) is 1.63. The quantitative estimate of drug-likeness (QED) is 0.553. The number of rotatable bonds is 2. The Morgan fingerprint density at radius 1 is 1.54 bits per heavy atom. The fourth-order valence-electron chi connectivity index (χ4n) is 1.43. The van der Waals surface area contributed by atoms with E-state index < -0.39 is 0 Å². The van der Waals surface area contributed by atoms with Crippen LogP contribution in [-0.4, -0.2) is 11.5 Å². The van der Waals surface area contributed by atoms with Crippen LogP contribution in [0.15, 0.2) is 24.3 Å². The van der Waals surface area contributed by atoms with Crippen LogP contribution in [0.25, 0.3) is 0 Å². The third-order valence-electron chi connectivity index (χ3n) is 2.31. The van der Waals surface area contributed by atoms with E-state index in [0.29, 0.717) is 6.04 Å². The number of nitrogens with one attached hydrogen (secondary N) is 1. The molecule has 0 spiro atoms. The molecule has 0 saturated carbocycles. The number of benzene rings is 1. The van der Waals surface area contributed by atoms with Gasteiger partial charge in [0.05, 0.1) is 4.92 Å². The Hall–Kier alpha value is -1.42. The van der Waals surface area contributed by atoms with Crippen molar-refractivity contribution in [2.75, 3.05) is 6.54 Å². The molecule has 1 saturated heterocycles. The molecule has 4 heteroatoms. The Kier molecular flexibility index (Phi) is 1.98. The zero-order valence-corrected chi connectivity index (χ0v) is 7.06. The number of nitro groups is 1. The van der Waals surface area contributed by atoms with Crippen LogP contribution in [0.1, 0.15) is 18.0 Å². The number of hydrogen-bond donors (Lipinski definition) is 1. The van der Waals surface area contributed by atoms with Gasteiger partial charge in [0.1, 0.15) is 0 Å². The lowest BCUT2D eigenvalue weighted by Gasteiger charge is -2.27. The fraction of sp³-hybridized carbons (Fsp3) is 0.333. The van der Waals surface area contributed by atoms with Crippen LogP contribution in [0.5, 0.6) is 0 Å². The van der Waals surface area contributed by atoms with Crippen LogP contribution in [0.2, 0.25) is 0 Å². The molecule has 1 aliphatic heterocycles. The second-order valence-electron chi connectivity index (χ2n) is 3.15. The van der Waals surface area contributed by atoms with E-state index in [-0.39, 0.29) is 10.6 Å². The van der Waals surface area contributed by atoms with Crippen molar-refractivity contribution in [3.05, 3.63) is 39.9 Å². The van der Waals surface area contributed by atoms with Crippen LogP contribution in [-0.2, 0) is 0 Å². The van der Waals surface area contributed by atoms with Crippen molar-refractivity contribution < 1.29 is 4.92 Å². The number of non-ortho nitro benzene ring substituents is 1. The fourth-order valence-corrected chi connectivity index (χ4v) is 1.43. The molecule has 1 aromatic rings. The lowest BCUT2D eigenvalue weighted by molar-refractivity contribution is -0.384. The predicted molar refractivity (Wildman–Crippen MR) is 48.5 cm³/mol. The van der Waals surface area contributed by atoms with E-state index in [0.717, 1.165) is 18.5 Å². The summed E-state index contributed by atoms with van der Waals surface area (Å²) in [6, 6.07) is 7.12. The molecule has 4 nitrogen and oxygen atoms in total. The monoisotopic (exact) mass is 178 g/mol.